The number of carbonyl (C=O) groups is 3. The lowest BCUT2D eigenvalue weighted by molar-refractivity contribution is -0.125. The average Bonchev–Trinajstić information content (AvgIpc) is 4.16. The number of aldehydes is 1. The van der Waals surface area contributed by atoms with E-state index in [9.17, 15) is 19.5 Å². The molecule has 4 aliphatic heterocycles. The highest BCUT2D eigenvalue weighted by Crippen LogP contribution is 2.53. The van der Waals surface area contributed by atoms with Gasteiger partial charge in [0.15, 0.2) is 12.1 Å². The number of halogens is 2. The highest BCUT2D eigenvalue weighted by Gasteiger charge is 2.51. The number of aromatic hydroxyl groups is 1. The minimum Gasteiger partial charge on any atom is -0.508 e. The quantitative estimate of drug-likeness (QED) is 0.109. The van der Waals surface area contributed by atoms with Gasteiger partial charge in [-0.15, -0.1) is 0 Å². The lowest BCUT2D eigenvalue weighted by Crippen LogP contribution is -2.59. The zero-order valence-corrected chi connectivity index (χ0v) is 42.4. The summed E-state index contributed by atoms with van der Waals surface area (Å²) in [6, 6.07) is 11.5. The summed E-state index contributed by atoms with van der Waals surface area (Å²) in [7, 11) is 1.62. The lowest BCUT2D eigenvalue weighted by Gasteiger charge is -2.56. The van der Waals surface area contributed by atoms with Gasteiger partial charge in [0.25, 0.3) is 5.91 Å². The van der Waals surface area contributed by atoms with Crippen molar-refractivity contribution in [2.75, 3.05) is 82.4 Å². The number of anilines is 2. The number of aryl methyl sites for hydroxylation is 1. The van der Waals surface area contributed by atoms with Crippen LogP contribution in [-0.2, 0) is 11.2 Å². The lowest BCUT2D eigenvalue weighted by atomic mass is 9.60. The van der Waals surface area contributed by atoms with Crippen LogP contribution in [0.1, 0.15) is 104 Å². The van der Waals surface area contributed by atoms with E-state index in [0.29, 0.717) is 99.5 Å². The third-order valence-electron chi connectivity index (χ3n) is 17.3. The largest absolute Gasteiger partial charge is 0.508 e. The maximum absolute atomic E-state index is 17.2. The van der Waals surface area contributed by atoms with Gasteiger partial charge < -0.3 is 34.8 Å². The molecule has 3 aromatic carbocycles. The Bertz CT molecular complexity index is 2990. The standard InChI is InChI=1S/C57H67F2N9O5/c1-5-42-46(58)12-10-37-25-41(70)27-44(48(37)42)50-49(59)51-45(30-60-50)52(68-18-6-7-35(2)31-68)63-55(62-51)73-34-57(14-15-57)33-65-19-16-56(17-20-65)28-40(29-56)67-23-21-66(22-24-67)39-11-9-38(32-69)43(26-39)54(72)64(4)47-13-8-36(3)61-53(47)71/h9-12,25-27,30,32,35,40,47,70H,3,5-8,13-24,28-29,31,33-34H2,1-2,4H3,(H,61,71)/t35-,47?/m0/s1. The van der Waals surface area contributed by atoms with Crippen LogP contribution in [0.5, 0.6) is 11.8 Å². The molecular weight excluding hydrogens is 929 g/mol. The molecule has 4 saturated heterocycles. The van der Waals surface area contributed by atoms with Crippen LogP contribution in [-0.4, -0.2) is 137 Å². The van der Waals surface area contributed by atoms with Gasteiger partial charge in [0.2, 0.25) is 5.91 Å². The number of likely N-dealkylation sites (N-methyl/N-ethyl adjacent to an activating group) is 1. The molecule has 73 heavy (non-hydrogen) atoms. The molecule has 2 atom stereocenters. The number of benzene rings is 3. The molecule has 6 aliphatic rings. The van der Waals surface area contributed by atoms with Crippen LogP contribution in [0.2, 0.25) is 0 Å². The summed E-state index contributed by atoms with van der Waals surface area (Å²) in [4.78, 5) is 63.9. The molecule has 2 aromatic heterocycles. The molecular formula is C57H67F2N9O5. The fraction of sp³-hybridized carbons (Fsp3) is 0.509. The summed E-state index contributed by atoms with van der Waals surface area (Å²) in [6.45, 7) is 16.5. The third kappa shape index (κ3) is 9.49. The van der Waals surface area contributed by atoms with E-state index in [1.54, 1.807) is 31.4 Å². The number of likely N-dealkylation sites (tertiary alicyclic amines) is 1. The van der Waals surface area contributed by atoms with Crippen molar-refractivity contribution < 1.29 is 33.0 Å². The number of phenolic OH excluding ortho intramolecular Hbond substituents is 1. The van der Waals surface area contributed by atoms with E-state index in [1.165, 1.54) is 42.7 Å². The van der Waals surface area contributed by atoms with Gasteiger partial charge in [-0.05, 0) is 148 Å². The Morgan fingerprint density at radius 3 is 2.48 bits per heavy atom. The third-order valence-corrected chi connectivity index (χ3v) is 17.3. The smallest absolute Gasteiger partial charge is 0.319 e. The zero-order chi connectivity index (χ0) is 50.8. The molecule has 2 N–H and O–H groups in total. The summed E-state index contributed by atoms with van der Waals surface area (Å²) in [5.41, 5.74) is 3.37. The number of pyridine rings is 1. The molecule has 5 aromatic rings. The van der Waals surface area contributed by atoms with Crippen LogP contribution in [0.3, 0.4) is 0 Å². The van der Waals surface area contributed by atoms with Crippen molar-refractivity contribution in [1.82, 2.24) is 35.0 Å². The van der Waals surface area contributed by atoms with Crippen molar-refractivity contribution in [1.29, 1.82) is 0 Å². The number of fused-ring (bicyclic) bond motifs is 2. The number of hydrogen-bond donors (Lipinski definition) is 2. The Hall–Kier alpha value is -6.26. The number of nitrogens with zero attached hydrogens (tertiary/aromatic N) is 8. The number of aromatic nitrogens is 3. The van der Waals surface area contributed by atoms with Crippen molar-refractivity contribution in [3.63, 3.8) is 0 Å². The first kappa shape index (κ1) is 49.0. The molecule has 0 radical (unpaired) electrons. The van der Waals surface area contributed by atoms with Crippen molar-refractivity contribution in [3.05, 3.63) is 89.3 Å². The van der Waals surface area contributed by atoms with Crippen molar-refractivity contribution in [3.8, 4) is 23.0 Å². The SMILES string of the molecule is C=C1CCC(N(C)C(=O)c2cc(N3CCN(C4CC5(CCN(CC6(COc7nc(N8CCC[C@H](C)C8)c8cnc(-c9cc(O)cc%10ccc(F)c(CC)c9%10)c(F)c8n7)CC6)CC5)C4)CC3)ccc2C=O)C(=O)N1. The molecule has 2 aliphatic carbocycles. The zero-order valence-electron chi connectivity index (χ0n) is 42.4. The van der Waals surface area contributed by atoms with Crippen molar-refractivity contribution in [2.24, 2.45) is 16.7 Å². The van der Waals surface area contributed by atoms with Crippen LogP contribution >= 0.6 is 0 Å². The first-order valence-electron chi connectivity index (χ1n) is 26.5. The molecule has 6 fully saturated rings. The van der Waals surface area contributed by atoms with E-state index in [4.69, 9.17) is 14.7 Å². The fourth-order valence-corrected chi connectivity index (χ4v) is 12.8. The number of carbonyl (C=O) groups excluding carboxylic acids is 3. The number of allylic oxidation sites excluding steroid dienone is 1. The minimum atomic E-state index is -0.659. The van der Waals surface area contributed by atoms with E-state index in [-0.39, 0.29) is 46.0 Å². The monoisotopic (exact) mass is 996 g/mol. The van der Waals surface area contributed by atoms with E-state index in [2.05, 4.69) is 43.4 Å². The molecule has 2 saturated carbocycles. The molecule has 14 nitrogen and oxygen atoms in total. The minimum absolute atomic E-state index is 0.00751. The van der Waals surface area contributed by atoms with Gasteiger partial charge in [-0.2, -0.15) is 9.97 Å². The fourth-order valence-electron chi connectivity index (χ4n) is 12.8. The molecule has 2 amide bonds. The Kier molecular flexibility index (Phi) is 13.1. The van der Waals surface area contributed by atoms with Gasteiger partial charge in [0.05, 0.1) is 17.6 Å². The number of piperazine rings is 1. The highest BCUT2D eigenvalue weighted by atomic mass is 19.1. The number of piperidine rings is 3. The number of rotatable bonds is 13. The Morgan fingerprint density at radius 2 is 1.77 bits per heavy atom. The predicted molar refractivity (Wildman–Crippen MR) is 278 cm³/mol. The van der Waals surface area contributed by atoms with E-state index < -0.39 is 11.9 Å². The second-order valence-electron chi connectivity index (χ2n) is 22.3. The second-order valence-corrected chi connectivity index (χ2v) is 22.3. The highest BCUT2D eigenvalue weighted by molar-refractivity contribution is 6.04. The molecule has 384 valence electrons. The van der Waals surface area contributed by atoms with Gasteiger partial charge in [0.1, 0.15) is 34.6 Å². The number of ether oxygens (including phenoxy) is 1. The Morgan fingerprint density at radius 1 is 0.986 bits per heavy atom. The Labute approximate surface area is 425 Å². The van der Waals surface area contributed by atoms with Gasteiger partial charge in [-0.3, -0.25) is 24.3 Å². The Balaban J connectivity index is 0.714. The van der Waals surface area contributed by atoms with E-state index in [0.717, 1.165) is 90.3 Å². The molecule has 11 rings (SSSR count). The first-order chi connectivity index (χ1) is 35.2. The molecule has 1 spiro atoms. The first-order valence-corrected chi connectivity index (χ1v) is 26.5. The van der Waals surface area contributed by atoms with Gasteiger partial charge in [-0.1, -0.05) is 26.5 Å². The van der Waals surface area contributed by atoms with Gasteiger partial charge >= 0.3 is 6.01 Å². The van der Waals surface area contributed by atoms with Crippen LogP contribution in [0, 0.1) is 28.4 Å². The molecule has 1 unspecified atom stereocenters. The summed E-state index contributed by atoms with van der Waals surface area (Å²) in [6.07, 6.45) is 12.7. The summed E-state index contributed by atoms with van der Waals surface area (Å²) in [5.74, 6) is -0.660. The van der Waals surface area contributed by atoms with E-state index in [1.807, 2.05) is 19.1 Å². The summed E-state index contributed by atoms with van der Waals surface area (Å²) < 4.78 is 38.9. The summed E-state index contributed by atoms with van der Waals surface area (Å²) in [5, 5.41) is 15.1. The van der Waals surface area contributed by atoms with Crippen molar-refractivity contribution >= 4 is 51.3 Å². The van der Waals surface area contributed by atoms with Crippen LogP contribution in [0.25, 0.3) is 32.9 Å². The number of amides is 2. The number of nitrogens with one attached hydrogen (secondary N) is 1. The normalized spacial score (nSPS) is 22.4. The van der Waals surface area contributed by atoms with Crippen LogP contribution in [0.15, 0.2) is 60.9 Å². The maximum Gasteiger partial charge on any atom is 0.319 e. The number of phenols is 1. The summed E-state index contributed by atoms with van der Waals surface area (Å²) >= 11 is 0. The maximum atomic E-state index is 17.2. The van der Waals surface area contributed by atoms with E-state index >= 15 is 8.78 Å². The van der Waals surface area contributed by atoms with Crippen molar-refractivity contribution in [2.45, 2.75) is 96.6 Å². The van der Waals surface area contributed by atoms with Crippen LogP contribution in [0.4, 0.5) is 20.3 Å². The number of hydrogen-bond acceptors (Lipinski definition) is 12. The molecule has 0 bridgehead atoms. The van der Waals surface area contributed by atoms with Gasteiger partial charge in [-0.25, -0.2) is 8.78 Å². The van der Waals surface area contributed by atoms with Crippen LogP contribution < -0.4 is 19.9 Å². The second kappa shape index (κ2) is 19.5. The average molecular weight is 996 g/mol. The molecule has 16 heteroatoms. The predicted octanol–water partition coefficient (Wildman–Crippen LogP) is 8.53. The molecule has 6 heterocycles. The van der Waals surface area contributed by atoms with Gasteiger partial charge in [0, 0.05) is 93.0 Å². The topological polar surface area (TPSA) is 148 Å².